The highest BCUT2D eigenvalue weighted by atomic mass is 15.1. The second-order valence-corrected chi connectivity index (χ2v) is 4.65. The topological polar surface area (TPSA) is 3.24 Å². The Morgan fingerprint density at radius 2 is 2.06 bits per heavy atom. The van der Waals surface area contributed by atoms with E-state index in [4.69, 9.17) is 0 Å². The van der Waals surface area contributed by atoms with Crippen molar-refractivity contribution in [3.8, 4) is 0 Å². The maximum absolute atomic E-state index is 2.39. The van der Waals surface area contributed by atoms with Crippen LogP contribution in [0.5, 0.6) is 0 Å². The fourth-order valence-electron chi connectivity index (χ4n) is 2.34. The lowest BCUT2D eigenvalue weighted by Gasteiger charge is -2.23. The summed E-state index contributed by atoms with van der Waals surface area (Å²) in [7, 11) is 2.19. The summed E-state index contributed by atoms with van der Waals surface area (Å²) in [5.41, 5.74) is 4.54. The normalized spacial score (nSPS) is 17.2. The maximum Gasteiger partial charge on any atom is 0.0166 e. The lowest BCUT2D eigenvalue weighted by Crippen LogP contribution is -2.23. The summed E-state index contributed by atoms with van der Waals surface area (Å²) in [6.07, 6.45) is 6.00. The summed E-state index contributed by atoms with van der Waals surface area (Å²) < 4.78 is 0. The predicted octanol–water partition coefficient (Wildman–Crippen LogP) is 3.36. The van der Waals surface area contributed by atoms with Crippen LogP contribution >= 0.6 is 0 Å². The molecule has 0 spiro atoms. The lowest BCUT2D eigenvalue weighted by molar-refractivity contribution is 0.370. The highest BCUT2D eigenvalue weighted by Crippen LogP contribution is 2.25. The summed E-state index contributed by atoms with van der Waals surface area (Å²) in [6.45, 7) is 4.53. The van der Waals surface area contributed by atoms with Crippen molar-refractivity contribution in [1.29, 1.82) is 0 Å². The largest absolute Gasteiger partial charge is 0.302 e. The van der Waals surface area contributed by atoms with Gasteiger partial charge in [-0.2, -0.15) is 0 Å². The van der Waals surface area contributed by atoms with Crippen LogP contribution in [0.15, 0.2) is 30.3 Å². The van der Waals surface area contributed by atoms with Gasteiger partial charge in [-0.15, -0.1) is 0 Å². The molecule has 0 saturated heterocycles. The van der Waals surface area contributed by atoms with Crippen LogP contribution in [-0.4, -0.2) is 25.0 Å². The van der Waals surface area contributed by atoms with Gasteiger partial charge in [0, 0.05) is 13.1 Å². The average molecular weight is 215 g/mol. The molecule has 1 aliphatic heterocycles. The number of nitrogens with zero attached hydrogens (tertiary/aromatic N) is 1. The van der Waals surface area contributed by atoms with Crippen molar-refractivity contribution in [3.05, 3.63) is 41.5 Å². The second-order valence-electron chi connectivity index (χ2n) is 4.65. The summed E-state index contributed by atoms with van der Waals surface area (Å²) in [6, 6.07) is 8.87. The molecule has 0 atom stereocenters. The molecule has 1 aromatic rings. The Kier molecular flexibility index (Phi) is 3.79. The Hall–Kier alpha value is -1.08. The van der Waals surface area contributed by atoms with Crippen molar-refractivity contribution in [2.75, 3.05) is 20.1 Å². The van der Waals surface area contributed by atoms with E-state index in [-0.39, 0.29) is 0 Å². The van der Waals surface area contributed by atoms with Crippen molar-refractivity contribution in [3.63, 3.8) is 0 Å². The number of hydrogen-bond donors (Lipinski definition) is 0. The molecule has 0 amide bonds. The lowest BCUT2D eigenvalue weighted by atomic mass is 9.93. The summed E-state index contributed by atoms with van der Waals surface area (Å²) in [4.78, 5) is 2.37. The zero-order chi connectivity index (χ0) is 11.4. The molecule has 0 bridgehead atoms. The first-order valence-electron chi connectivity index (χ1n) is 6.27. The summed E-state index contributed by atoms with van der Waals surface area (Å²) >= 11 is 0. The van der Waals surface area contributed by atoms with Gasteiger partial charge >= 0.3 is 0 Å². The maximum atomic E-state index is 2.39. The van der Waals surface area contributed by atoms with Gasteiger partial charge in [-0.3, -0.25) is 0 Å². The van der Waals surface area contributed by atoms with Crippen molar-refractivity contribution >= 4 is 5.57 Å². The van der Waals surface area contributed by atoms with Gasteiger partial charge in [-0.05, 0) is 36.6 Å². The van der Waals surface area contributed by atoms with Crippen LogP contribution in [0.25, 0.3) is 5.57 Å². The zero-order valence-corrected chi connectivity index (χ0v) is 10.4. The first kappa shape index (κ1) is 11.4. The van der Waals surface area contributed by atoms with E-state index in [1.807, 2.05) is 0 Å². The van der Waals surface area contributed by atoms with E-state index in [0.29, 0.717) is 0 Å². The van der Waals surface area contributed by atoms with Crippen LogP contribution in [0, 0.1) is 0 Å². The van der Waals surface area contributed by atoms with Crippen molar-refractivity contribution in [2.24, 2.45) is 0 Å². The molecular weight excluding hydrogens is 194 g/mol. The standard InChI is InChI=1S/C15H21N/c1-3-6-13-7-4-5-8-15(13)14-9-11-16(2)12-10-14/h4-5,7-9H,3,6,10-12H2,1-2H3. The quantitative estimate of drug-likeness (QED) is 0.747. The van der Waals surface area contributed by atoms with Crippen LogP contribution < -0.4 is 0 Å². The monoisotopic (exact) mass is 215 g/mol. The van der Waals surface area contributed by atoms with E-state index >= 15 is 0 Å². The SMILES string of the molecule is CCCc1ccccc1C1=CCN(C)CC1. The minimum absolute atomic E-state index is 1.09. The van der Waals surface area contributed by atoms with Crippen LogP contribution in [0.3, 0.4) is 0 Å². The molecular formula is C15H21N. The fraction of sp³-hybridized carbons (Fsp3) is 0.467. The molecule has 0 N–H and O–H groups in total. The molecule has 16 heavy (non-hydrogen) atoms. The fourth-order valence-corrected chi connectivity index (χ4v) is 2.34. The molecule has 0 unspecified atom stereocenters. The van der Waals surface area contributed by atoms with Crippen LogP contribution in [0.2, 0.25) is 0 Å². The van der Waals surface area contributed by atoms with Crippen molar-refractivity contribution in [1.82, 2.24) is 4.90 Å². The van der Waals surface area contributed by atoms with Crippen molar-refractivity contribution in [2.45, 2.75) is 26.2 Å². The van der Waals surface area contributed by atoms with Gasteiger partial charge in [0.05, 0.1) is 0 Å². The number of rotatable bonds is 3. The zero-order valence-electron chi connectivity index (χ0n) is 10.4. The Morgan fingerprint density at radius 1 is 1.25 bits per heavy atom. The van der Waals surface area contributed by atoms with Gasteiger partial charge in [0.1, 0.15) is 0 Å². The molecule has 2 rings (SSSR count). The first-order chi connectivity index (χ1) is 7.81. The van der Waals surface area contributed by atoms with Crippen LogP contribution in [0.1, 0.15) is 30.9 Å². The number of aryl methyl sites for hydroxylation is 1. The predicted molar refractivity (Wildman–Crippen MR) is 70.5 cm³/mol. The van der Waals surface area contributed by atoms with Gasteiger partial charge in [0.25, 0.3) is 0 Å². The highest BCUT2D eigenvalue weighted by molar-refractivity contribution is 5.69. The highest BCUT2D eigenvalue weighted by Gasteiger charge is 2.11. The number of likely N-dealkylation sites (N-methyl/N-ethyl adjacent to an activating group) is 1. The molecule has 0 fully saturated rings. The molecule has 0 saturated carbocycles. The summed E-state index contributed by atoms with van der Waals surface area (Å²) in [5, 5.41) is 0. The van der Waals surface area contributed by atoms with Gasteiger partial charge < -0.3 is 4.90 Å². The third kappa shape index (κ3) is 2.53. The third-order valence-corrected chi connectivity index (χ3v) is 3.29. The Labute approximate surface area is 98.8 Å². The van der Waals surface area contributed by atoms with Gasteiger partial charge in [-0.1, -0.05) is 43.7 Å². The molecule has 1 aromatic carbocycles. The Morgan fingerprint density at radius 3 is 2.75 bits per heavy atom. The van der Waals surface area contributed by atoms with Gasteiger partial charge in [-0.25, -0.2) is 0 Å². The summed E-state index contributed by atoms with van der Waals surface area (Å²) in [5.74, 6) is 0. The Balaban J connectivity index is 2.25. The smallest absolute Gasteiger partial charge is 0.0166 e. The Bertz CT molecular complexity index is 379. The second kappa shape index (κ2) is 5.31. The van der Waals surface area contributed by atoms with Crippen LogP contribution in [0.4, 0.5) is 0 Å². The minimum atomic E-state index is 1.09. The molecule has 1 aliphatic rings. The molecule has 1 heterocycles. The van der Waals surface area contributed by atoms with E-state index in [2.05, 4.69) is 49.2 Å². The average Bonchev–Trinajstić information content (AvgIpc) is 2.32. The molecule has 1 heteroatoms. The van der Waals surface area contributed by atoms with Crippen LogP contribution in [-0.2, 0) is 6.42 Å². The molecule has 0 radical (unpaired) electrons. The number of hydrogen-bond acceptors (Lipinski definition) is 1. The number of benzene rings is 1. The van der Waals surface area contributed by atoms with Gasteiger partial charge in [0.2, 0.25) is 0 Å². The minimum Gasteiger partial charge on any atom is -0.302 e. The van der Waals surface area contributed by atoms with Crippen molar-refractivity contribution < 1.29 is 0 Å². The third-order valence-electron chi connectivity index (χ3n) is 3.29. The van der Waals surface area contributed by atoms with E-state index in [9.17, 15) is 0 Å². The van der Waals surface area contributed by atoms with E-state index < -0.39 is 0 Å². The molecule has 0 aliphatic carbocycles. The van der Waals surface area contributed by atoms with E-state index in [0.717, 1.165) is 6.54 Å². The van der Waals surface area contributed by atoms with E-state index in [1.54, 1.807) is 5.57 Å². The van der Waals surface area contributed by atoms with E-state index in [1.165, 1.54) is 36.9 Å². The molecule has 1 nitrogen and oxygen atoms in total. The molecule has 86 valence electrons. The molecule has 0 aromatic heterocycles. The van der Waals surface area contributed by atoms with Gasteiger partial charge in [0.15, 0.2) is 0 Å². The first-order valence-corrected chi connectivity index (χ1v) is 6.27.